The number of allylic oxidation sites excluding steroid dienone is 4. The second kappa shape index (κ2) is 11.4. The van der Waals surface area contributed by atoms with Crippen molar-refractivity contribution in [3.63, 3.8) is 0 Å². The van der Waals surface area contributed by atoms with E-state index in [4.69, 9.17) is 9.47 Å². The fraction of sp³-hybridized carbons (Fsp3) is 0.240. The molecule has 2 aromatic rings. The fourth-order valence-corrected chi connectivity index (χ4v) is 5.32. The van der Waals surface area contributed by atoms with Crippen molar-refractivity contribution in [3.8, 4) is 11.5 Å². The molecule has 184 valence electrons. The van der Waals surface area contributed by atoms with Crippen molar-refractivity contribution in [2.24, 2.45) is 5.92 Å². The van der Waals surface area contributed by atoms with Gasteiger partial charge in [0.2, 0.25) is 5.12 Å². The van der Waals surface area contributed by atoms with Gasteiger partial charge < -0.3 is 9.47 Å². The van der Waals surface area contributed by atoms with E-state index in [-0.39, 0.29) is 38.8 Å². The number of ketones is 1. The van der Waals surface area contributed by atoms with Crippen LogP contribution in [0.2, 0.25) is 0 Å². The topological polar surface area (TPSA) is 116 Å². The van der Waals surface area contributed by atoms with Crippen LogP contribution in [0.4, 0.5) is 0 Å². The van der Waals surface area contributed by atoms with Crippen molar-refractivity contribution in [2.45, 2.75) is 25.2 Å². The third kappa shape index (κ3) is 6.83. The number of Topliss-reactive ketones (excluding diaryl/α,β-unsaturated/α-hetero) is 1. The number of thioether (sulfide) groups is 1. The number of esters is 1. The van der Waals surface area contributed by atoms with Crippen LogP contribution in [-0.4, -0.2) is 38.1 Å². The Hall–Kier alpha value is -3.37. The van der Waals surface area contributed by atoms with Gasteiger partial charge in [0.15, 0.2) is 5.78 Å². The number of rotatable bonds is 9. The van der Waals surface area contributed by atoms with E-state index in [9.17, 15) is 22.8 Å². The van der Waals surface area contributed by atoms with E-state index in [0.717, 1.165) is 11.8 Å². The van der Waals surface area contributed by atoms with E-state index >= 15 is 0 Å². The molecule has 0 bridgehead atoms. The standard InChI is InChI=1S/C25H25NO7S2/c1-16-14-18(8-13-22(16)26-35(30,31)20-11-9-19(32-3)10-12-20)23(28)15-34-25(29)21-6-4-5-7-24(21)33-17(2)27/h4-13,16,26H,14-15H2,1-3H3. The van der Waals surface area contributed by atoms with Gasteiger partial charge in [-0.2, -0.15) is 0 Å². The van der Waals surface area contributed by atoms with Gasteiger partial charge >= 0.3 is 5.97 Å². The number of hydrogen-bond donors (Lipinski definition) is 1. The molecular weight excluding hydrogens is 490 g/mol. The van der Waals surface area contributed by atoms with E-state index < -0.39 is 16.0 Å². The lowest BCUT2D eigenvalue weighted by atomic mass is 9.91. The zero-order chi connectivity index (χ0) is 25.6. The average molecular weight is 516 g/mol. The molecule has 0 heterocycles. The molecule has 1 aliphatic carbocycles. The number of carbonyl (C=O) groups is 3. The van der Waals surface area contributed by atoms with E-state index in [1.54, 1.807) is 36.4 Å². The minimum Gasteiger partial charge on any atom is -0.497 e. The van der Waals surface area contributed by atoms with Crippen LogP contribution in [0.3, 0.4) is 0 Å². The summed E-state index contributed by atoms with van der Waals surface area (Å²) in [5, 5.41) is -0.386. The highest BCUT2D eigenvalue weighted by atomic mass is 32.2. The van der Waals surface area contributed by atoms with Gasteiger partial charge in [0.05, 0.1) is 23.3 Å². The predicted octanol–water partition coefficient (Wildman–Crippen LogP) is 3.89. The number of methoxy groups -OCH3 is 1. The molecule has 0 amide bonds. The molecule has 2 aromatic carbocycles. The molecule has 1 unspecified atom stereocenters. The van der Waals surface area contributed by atoms with Crippen LogP contribution in [0.5, 0.6) is 11.5 Å². The molecule has 0 saturated heterocycles. The van der Waals surface area contributed by atoms with Crippen LogP contribution in [-0.2, 0) is 19.6 Å². The van der Waals surface area contributed by atoms with Crippen molar-refractivity contribution >= 4 is 38.7 Å². The van der Waals surface area contributed by atoms with Crippen molar-refractivity contribution < 1.29 is 32.3 Å². The van der Waals surface area contributed by atoms with Gasteiger partial charge in [-0.05, 0) is 54.5 Å². The highest BCUT2D eigenvalue weighted by Gasteiger charge is 2.25. The first-order chi connectivity index (χ1) is 16.6. The molecule has 0 radical (unpaired) electrons. The summed E-state index contributed by atoms with van der Waals surface area (Å²) in [6.07, 6.45) is 3.48. The maximum absolute atomic E-state index is 12.7. The Balaban J connectivity index is 1.65. The summed E-state index contributed by atoms with van der Waals surface area (Å²) >= 11 is 0.822. The summed E-state index contributed by atoms with van der Waals surface area (Å²) in [6.45, 7) is 3.06. The van der Waals surface area contributed by atoms with Crippen LogP contribution in [0.25, 0.3) is 0 Å². The highest BCUT2D eigenvalue weighted by Crippen LogP contribution is 2.28. The lowest BCUT2D eigenvalue weighted by Crippen LogP contribution is -2.28. The third-order valence-electron chi connectivity index (χ3n) is 5.20. The largest absolute Gasteiger partial charge is 0.497 e. The van der Waals surface area contributed by atoms with Crippen LogP contribution < -0.4 is 14.2 Å². The lowest BCUT2D eigenvalue weighted by molar-refractivity contribution is -0.131. The number of benzene rings is 2. The van der Waals surface area contributed by atoms with Crippen LogP contribution in [0, 0.1) is 5.92 Å². The predicted molar refractivity (Wildman–Crippen MR) is 133 cm³/mol. The van der Waals surface area contributed by atoms with Gasteiger partial charge in [-0.25, -0.2) is 8.42 Å². The minimum absolute atomic E-state index is 0.0907. The van der Waals surface area contributed by atoms with Gasteiger partial charge in [0.1, 0.15) is 11.5 Å². The van der Waals surface area contributed by atoms with Gasteiger partial charge in [-0.1, -0.05) is 36.9 Å². The molecule has 0 fully saturated rings. The smallest absolute Gasteiger partial charge is 0.308 e. The molecule has 35 heavy (non-hydrogen) atoms. The number of ether oxygens (including phenoxy) is 2. The monoisotopic (exact) mass is 515 g/mol. The molecule has 0 aliphatic heterocycles. The van der Waals surface area contributed by atoms with Gasteiger partial charge in [0, 0.05) is 18.5 Å². The first-order valence-electron chi connectivity index (χ1n) is 10.7. The Kier molecular flexibility index (Phi) is 8.52. The first-order valence-corrected chi connectivity index (χ1v) is 13.1. The maximum Gasteiger partial charge on any atom is 0.308 e. The molecular formula is C25H25NO7S2. The van der Waals surface area contributed by atoms with E-state index in [0.29, 0.717) is 23.4 Å². The zero-order valence-corrected chi connectivity index (χ0v) is 21.1. The van der Waals surface area contributed by atoms with Gasteiger partial charge in [-0.3, -0.25) is 19.1 Å². The number of para-hydroxylation sites is 1. The normalized spacial score (nSPS) is 15.5. The van der Waals surface area contributed by atoms with Crippen LogP contribution >= 0.6 is 11.8 Å². The molecule has 1 atom stereocenters. The Bertz CT molecular complexity index is 1300. The summed E-state index contributed by atoms with van der Waals surface area (Å²) in [7, 11) is -2.30. The molecule has 8 nitrogen and oxygen atoms in total. The quantitative estimate of drug-likeness (QED) is 0.395. The molecule has 0 spiro atoms. The Morgan fingerprint density at radius 1 is 1.06 bits per heavy atom. The van der Waals surface area contributed by atoms with E-state index in [1.807, 2.05) is 6.92 Å². The second-order valence-corrected chi connectivity index (χ2v) is 10.4. The number of carbonyl (C=O) groups excluding carboxylic acids is 3. The Morgan fingerprint density at radius 2 is 1.74 bits per heavy atom. The number of nitrogens with one attached hydrogen (secondary N) is 1. The SMILES string of the molecule is COc1ccc(S(=O)(=O)NC2=CC=C(C(=O)CSC(=O)c3ccccc3OC(C)=O)CC2C)cc1. The number of sulfonamides is 1. The summed E-state index contributed by atoms with van der Waals surface area (Å²) in [6, 6.07) is 12.4. The molecule has 1 N–H and O–H groups in total. The van der Waals surface area contributed by atoms with Crippen molar-refractivity contribution in [2.75, 3.05) is 12.9 Å². The molecule has 1 aliphatic rings. The Labute approximate surface area is 208 Å². The highest BCUT2D eigenvalue weighted by molar-refractivity contribution is 8.14. The third-order valence-corrected chi connectivity index (χ3v) is 7.48. The maximum atomic E-state index is 12.7. The summed E-state index contributed by atoms with van der Waals surface area (Å²) in [5.41, 5.74) is 1.18. The molecule has 10 heteroatoms. The summed E-state index contributed by atoms with van der Waals surface area (Å²) < 4.78 is 38.1. The van der Waals surface area contributed by atoms with E-state index in [1.165, 1.54) is 38.3 Å². The fourth-order valence-electron chi connectivity index (χ4n) is 3.35. The molecule has 3 rings (SSSR count). The van der Waals surface area contributed by atoms with Crippen molar-refractivity contribution in [1.82, 2.24) is 4.72 Å². The molecule has 0 saturated carbocycles. The molecule has 0 aromatic heterocycles. The second-order valence-electron chi connectivity index (χ2n) is 7.79. The minimum atomic E-state index is -3.79. The summed E-state index contributed by atoms with van der Waals surface area (Å²) in [4.78, 5) is 36.6. The first kappa shape index (κ1) is 26.2. The van der Waals surface area contributed by atoms with Crippen molar-refractivity contribution in [3.05, 3.63) is 77.5 Å². The summed E-state index contributed by atoms with van der Waals surface area (Å²) in [5.74, 6) is -0.422. The van der Waals surface area contributed by atoms with E-state index in [2.05, 4.69) is 4.72 Å². The van der Waals surface area contributed by atoms with Crippen LogP contribution in [0.1, 0.15) is 30.6 Å². The van der Waals surface area contributed by atoms with Gasteiger partial charge in [-0.15, -0.1) is 0 Å². The Morgan fingerprint density at radius 3 is 2.37 bits per heavy atom. The zero-order valence-electron chi connectivity index (χ0n) is 19.4. The van der Waals surface area contributed by atoms with Crippen LogP contribution in [0.15, 0.2) is 76.8 Å². The lowest BCUT2D eigenvalue weighted by Gasteiger charge is -2.22. The van der Waals surface area contributed by atoms with Crippen molar-refractivity contribution in [1.29, 1.82) is 0 Å². The van der Waals surface area contributed by atoms with Gasteiger partial charge in [0.25, 0.3) is 10.0 Å². The average Bonchev–Trinajstić information content (AvgIpc) is 2.83. The number of hydrogen-bond acceptors (Lipinski definition) is 8.